The number of anilines is 1. The van der Waals surface area contributed by atoms with Gasteiger partial charge in [0.15, 0.2) is 11.7 Å². The Morgan fingerprint density at radius 3 is 2.66 bits per heavy atom. The van der Waals surface area contributed by atoms with Crippen molar-refractivity contribution in [1.29, 1.82) is 0 Å². The predicted molar refractivity (Wildman–Crippen MR) is 146 cm³/mol. The monoisotopic (exact) mass is 601 g/mol. The highest BCUT2D eigenvalue weighted by atomic mass is 32.2. The van der Waals surface area contributed by atoms with Crippen LogP contribution in [-0.2, 0) is 37.6 Å². The van der Waals surface area contributed by atoms with Crippen LogP contribution in [0.25, 0.3) is 10.9 Å². The number of carboxylic acids is 2. The molecule has 15 nitrogen and oxygen atoms in total. The summed E-state index contributed by atoms with van der Waals surface area (Å²) in [5.74, 6) is -4.04. The van der Waals surface area contributed by atoms with Crippen molar-refractivity contribution in [2.75, 3.05) is 11.5 Å². The molecule has 0 unspecified atom stereocenters. The van der Waals surface area contributed by atoms with E-state index in [9.17, 15) is 29.4 Å². The van der Waals surface area contributed by atoms with Crippen LogP contribution in [0.3, 0.4) is 0 Å². The van der Waals surface area contributed by atoms with Crippen molar-refractivity contribution < 1.29 is 38.9 Å². The average molecular weight is 602 g/mol. The highest BCUT2D eigenvalue weighted by molar-refractivity contribution is 8.00. The molecule has 1 fully saturated rings. The van der Waals surface area contributed by atoms with E-state index < -0.39 is 46.5 Å². The molecule has 41 heavy (non-hydrogen) atoms. The van der Waals surface area contributed by atoms with Crippen molar-refractivity contribution in [2.24, 2.45) is 12.2 Å². The van der Waals surface area contributed by atoms with Crippen LogP contribution in [0.1, 0.15) is 19.7 Å². The van der Waals surface area contributed by atoms with Crippen molar-refractivity contribution in [1.82, 2.24) is 24.3 Å². The van der Waals surface area contributed by atoms with Gasteiger partial charge in [-0.05, 0) is 26.0 Å². The molecule has 0 aliphatic carbocycles. The molecule has 0 saturated carbocycles. The van der Waals surface area contributed by atoms with E-state index in [1.165, 1.54) is 30.5 Å². The van der Waals surface area contributed by atoms with Crippen molar-refractivity contribution in [3.8, 4) is 0 Å². The summed E-state index contributed by atoms with van der Waals surface area (Å²) in [5.41, 5.74) is 4.75. The number of carbonyl (C=O) groups excluding carboxylic acids is 2. The number of benzene rings is 1. The van der Waals surface area contributed by atoms with Crippen molar-refractivity contribution in [3.63, 3.8) is 0 Å². The second-order valence-electron chi connectivity index (χ2n) is 9.73. The number of rotatable bonds is 9. The van der Waals surface area contributed by atoms with Crippen molar-refractivity contribution >= 4 is 68.8 Å². The normalized spacial score (nSPS) is 19.1. The summed E-state index contributed by atoms with van der Waals surface area (Å²) in [4.78, 5) is 60.3. The number of carbonyl (C=O) groups is 4. The number of para-hydroxylation sites is 1. The lowest BCUT2D eigenvalue weighted by Gasteiger charge is -2.49. The van der Waals surface area contributed by atoms with Gasteiger partial charge in [-0.15, -0.1) is 16.4 Å². The number of nitrogens with one attached hydrogen (secondary N) is 1. The van der Waals surface area contributed by atoms with Crippen LogP contribution in [0.15, 0.2) is 46.9 Å². The summed E-state index contributed by atoms with van der Waals surface area (Å²) < 4.78 is 7.72. The summed E-state index contributed by atoms with van der Waals surface area (Å²) in [6, 6.07) is 6.66. The fourth-order valence-electron chi connectivity index (χ4n) is 4.35. The molecule has 17 heteroatoms. The third-order valence-corrected chi connectivity index (χ3v) is 8.48. The highest BCUT2D eigenvalue weighted by Crippen LogP contribution is 2.40. The molecule has 2 aromatic heterocycles. The van der Waals surface area contributed by atoms with Crippen LogP contribution < -0.4 is 15.7 Å². The number of thioether (sulfide) groups is 1. The zero-order chi connectivity index (χ0) is 29.6. The van der Waals surface area contributed by atoms with Crippen LogP contribution in [-0.4, -0.2) is 81.4 Å². The molecule has 0 bridgehead atoms. The molecule has 214 valence electrons. The van der Waals surface area contributed by atoms with E-state index >= 15 is 0 Å². The van der Waals surface area contributed by atoms with E-state index in [-0.39, 0.29) is 23.2 Å². The van der Waals surface area contributed by atoms with Gasteiger partial charge in [-0.3, -0.25) is 14.5 Å². The topological polar surface area (TPSA) is 206 Å². The molecule has 5 rings (SSSR count). The molecule has 0 radical (unpaired) electrons. The molecule has 3 aromatic rings. The largest absolute Gasteiger partial charge is 0.478 e. The van der Waals surface area contributed by atoms with Gasteiger partial charge < -0.3 is 26.1 Å². The zero-order valence-electron chi connectivity index (χ0n) is 22.0. The average Bonchev–Trinajstić information content (AvgIpc) is 3.49. The quantitative estimate of drug-likeness (QED) is 0.110. The Bertz CT molecular complexity index is 1660. The lowest BCUT2D eigenvalue weighted by atomic mass is 10.0. The Morgan fingerprint density at radius 2 is 2.02 bits per heavy atom. The maximum absolute atomic E-state index is 13.2. The number of oxime groups is 1. The predicted octanol–water partition coefficient (Wildman–Crippen LogP) is -0.0778. The Labute approximate surface area is 240 Å². The molecule has 2 aliphatic rings. The number of aliphatic carboxylic acids is 2. The minimum atomic E-state index is -1.78. The van der Waals surface area contributed by atoms with Crippen molar-refractivity contribution in [3.05, 3.63) is 47.6 Å². The van der Waals surface area contributed by atoms with E-state index in [1.54, 1.807) is 0 Å². The smallest absolute Gasteiger partial charge is 0.352 e. The number of fused-ring (bicyclic) bond motifs is 2. The second-order valence-corrected chi connectivity index (χ2v) is 11.6. The summed E-state index contributed by atoms with van der Waals surface area (Å²) in [7, 11) is 1.87. The number of hydrogen-bond acceptors (Lipinski definition) is 11. The van der Waals surface area contributed by atoms with Gasteiger partial charge in [-0.2, -0.15) is 14.0 Å². The molecule has 2 aliphatic heterocycles. The van der Waals surface area contributed by atoms with E-state index in [0.29, 0.717) is 11.3 Å². The first-order valence-electron chi connectivity index (χ1n) is 12.1. The Balaban J connectivity index is 1.38. The summed E-state index contributed by atoms with van der Waals surface area (Å²) >= 11 is 2.09. The van der Waals surface area contributed by atoms with Gasteiger partial charge >= 0.3 is 11.9 Å². The Morgan fingerprint density at radius 1 is 1.29 bits per heavy atom. The number of nitrogen functional groups attached to an aromatic ring is 1. The third kappa shape index (κ3) is 5.08. The number of β-lactam (4-membered cyclic amide) rings is 1. The molecule has 2 amide bonds. The molecular weight excluding hydrogens is 576 g/mol. The first-order chi connectivity index (χ1) is 19.4. The Kier molecular flexibility index (Phi) is 7.16. The van der Waals surface area contributed by atoms with Gasteiger partial charge in [0.1, 0.15) is 22.6 Å². The minimum Gasteiger partial charge on any atom is -0.478 e. The summed E-state index contributed by atoms with van der Waals surface area (Å²) in [5, 5.41) is 25.9. The molecule has 1 aromatic carbocycles. The lowest BCUT2D eigenvalue weighted by Crippen LogP contribution is -2.71. The number of carboxylic acid groups (broad SMARTS) is 2. The van der Waals surface area contributed by atoms with Crippen LogP contribution in [0.2, 0.25) is 0 Å². The summed E-state index contributed by atoms with van der Waals surface area (Å²) in [6.45, 7) is 2.71. The van der Waals surface area contributed by atoms with Crippen LogP contribution in [0.5, 0.6) is 0 Å². The van der Waals surface area contributed by atoms with E-state index in [0.717, 1.165) is 22.4 Å². The van der Waals surface area contributed by atoms with Crippen molar-refractivity contribution in [2.45, 2.75) is 37.4 Å². The molecule has 4 heterocycles. The maximum atomic E-state index is 13.2. The van der Waals surface area contributed by atoms with Crippen LogP contribution >= 0.6 is 23.3 Å². The number of hydrogen-bond donors (Lipinski definition) is 4. The lowest BCUT2D eigenvalue weighted by molar-refractivity contribution is -0.764. The van der Waals surface area contributed by atoms with Gasteiger partial charge in [-0.25, -0.2) is 9.59 Å². The zero-order valence-corrected chi connectivity index (χ0v) is 23.6. The number of aryl methyl sites for hydroxylation is 1. The number of aromatic nitrogens is 4. The maximum Gasteiger partial charge on any atom is 0.352 e. The number of amides is 2. The van der Waals surface area contributed by atoms with E-state index in [1.807, 2.05) is 46.9 Å². The molecule has 1 saturated heterocycles. The van der Waals surface area contributed by atoms with E-state index in [2.05, 4.69) is 19.8 Å². The fourth-order valence-corrected chi connectivity index (χ4v) is 6.12. The van der Waals surface area contributed by atoms with Gasteiger partial charge in [0.05, 0.1) is 12.4 Å². The second kappa shape index (κ2) is 10.5. The standard InChI is InChI=1S/C24H24N8O7S2/c1-24(2,22(37)38)39-28-14(17-27-23(25)41-29-17)18(33)26-15-19(34)32-16(21(35)36)12(10-40-20(15)32)9-31-8-11-6-4-5-7-13(11)30(31)3/h4-8,15,20H,9-10H2,1-3H3,(H4-,25,26,27,29,33,35,36,37,38)/p+1/b28-14-/t15-,20-/m1/s1. The van der Waals surface area contributed by atoms with Crippen LogP contribution in [0, 0.1) is 0 Å². The molecule has 0 spiro atoms. The van der Waals surface area contributed by atoms with Crippen LogP contribution in [0.4, 0.5) is 5.13 Å². The minimum absolute atomic E-state index is 0.0273. The highest BCUT2D eigenvalue weighted by Gasteiger charge is 2.55. The number of nitrogens with zero attached hydrogens (tertiary/aromatic N) is 6. The fraction of sp³-hybridized carbons (Fsp3) is 0.333. The third-order valence-electron chi connectivity index (χ3n) is 6.60. The Hall–Kier alpha value is -4.51. The summed E-state index contributed by atoms with van der Waals surface area (Å²) in [6.07, 6.45) is 1.91. The number of nitrogens with two attached hydrogens (primary N) is 1. The van der Waals surface area contributed by atoms with Gasteiger partial charge in [0, 0.05) is 22.9 Å². The first kappa shape index (κ1) is 28.0. The van der Waals surface area contributed by atoms with E-state index in [4.69, 9.17) is 10.6 Å². The molecule has 5 N–H and O–H groups in total. The first-order valence-corrected chi connectivity index (χ1v) is 14.0. The van der Waals surface area contributed by atoms with Gasteiger partial charge in [-0.1, -0.05) is 17.3 Å². The molecule has 2 atom stereocenters. The molecular formula is C24H25N8O7S2+. The van der Waals surface area contributed by atoms with Gasteiger partial charge in [0.25, 0.3) is 11.8 Å². The SMILES string of the molecule is Cn1c2ccccc2c[n+]1CC1=C(C(=O)O)N2C(=O)[C@@H](NC(=O)/C(=N\OC(C)(C)C(=O)O)c3nsc(N)n3)[C@H]2SC1. The van der Waals surface area contributed by atoms with Gasteiger partial charge in [0.2, 0.25) is 23.3 Å².